The molecule has 1 aromatic heterocycles. The third-order valence-corrected chi connectivity index (χ3v) is 5.22. The Balaban J connectivity index is 0.000000327. The molecule has 32 heavy (non-hydrogen) atoms. The first-order valence-corrected chi connectivity index (χ1v) is 11.2. The number of halogens is 5. The van der Waals surface area contributed by atoms with Gasteiger partial charge in [-0.3, -0.25) is 4.98 Å². The van der Waals surface area contributed by atoms with Crippen LogP contribution < -0.4 is 12.4 Å². The van der Waals surface area contributed by atoms with E-state index in [-0.39, 0.29) is 12.4 Å². The normalized spacial score (nSPS) is 11.4. The number of hydrogen-bond acceptors (Lipinski definition) is 3. The molecule has 3 nitrogen and oxygen atoms in total. The number of aromatic nitrogens is 1. The average Bonchev–Trinajstić information content (AvgIpc) is 2.68. The summed E-state index contributed by atoms with van der Waals surface area (Å²) in [4.78, 5) is 12.7. The van der Waals surface area contributed by atoms with Crippen molar-refractivity contribution >= 4 is 68.1 Å². The van der Waals surface area contributed by atoms with Crippen molar-refractivity contribution in [3.05, 3.63) is 85.6 Å². The molecule has 3 rings (SSSR count). The van der Waals surface area contributed by atoms with Gasteiger partial charge < -0.3 is 12.4 Å². The average molecular weight is 572 g/mol. The Morgan fingerprint density at radius 1 is 0.812 bits per heavy atom. The number of rotatable bonds is 3. The number of hydrogen-bond donors (Lipinski definition) is 0. The summed E-state index contributed by atoms with van der Waals surface area (Å²) in [5, 5.41) is 2.24. The number of nitrogens with zero attached hydrogens (tertiary/aromatic N) is 3. The molecule has 0 aliphatic rings. The topological polar surface area (TPSA) is 37.6 Å². The Bertz CT molecular complexity index is 1080. The molecule has 1 heterocycles. The monoisotopic (exact) mass is 569 g/mol. The maximum Gasteiger partial charge on any atom is -1.00 e. The first kappa shape index (κ1) is 28.9. The minimum Gasteiger partial charge on any atom is -1.00 e. The van der Waals surface area contributed by atoms with Crippen LogP contribution in [0.5, 0.6) is 0 Å². The third-order valence-electron chi connectivity index (χ3n) is 3.94. The summed E-state index contributed by atoms with van der Waals surface area (Å²) >= 11 is 27.9. The second-order valence-electron chi connectivity index (χ2n) is 6.68. The molecule has 0 saturated carbocycles. The Morgan fingerprint density at radius 2 is 1.25 bits per heavy atom. The minimum atomic E-state index is 0. The molecule has 0 N–H and O–H groups in total. The Labute approximate surface area is 223 Å². The molecule has 0 unspecified atom stereocenters. The van der Waals surface area contributed by atoms with E-state index >= 15 is 0 Å². The summed E-state index contributed by atoms with van der Waals surface area (Å²) < 4.78 is 0.688. The fourth-order valence-corrected chi connectivity index (χ4v) is 4.04. The fourth-order valence-electron chi connectivity index (χ4n) is 2.56. The summed E-state index contributed by atoms with van der Waals surface area (Å²) in [5.41, 5.74) is 5.02. The minimum absolute atomic E-state index is 0. The molecule has 0 atom stereocenters. The maximum absolute atomic E-state index is 6.16. The van der Waals surface area contributed by atoms with Crippen molar-refractivity contribution in [1.82, 2.24) is 4.98 Å². The predicted molar refractivity (Wildman–Crippen MR) is 131 cm³/mol. The SMILES string of the molecule is CC(=Nc1c(Cl)cc(C)cc1Cl)c1cccnc1.C[C]([Fe+])=Nc1c(Cl)cc(C)cc1Cl.[Cl-]. The molecular weight excluding hydrogens is 551 g/mol. The molecule has 0 aliphatic heterocycles. The maximum atomic E-state index is 6.16. The van der Waals surface area contributed by atoms with E-state index in [1.54, 1.807) is 19.3 Å². The first-order valence-electron chi connectivity index (χ1n) is 9.15. The molecule has 0 radical (unpaired) electrons. The molecular formula is C23H20Cl5FeN3. The van der Waals surface area contributed by atoms with Gasteiger partial charge in [0.05, 0.1) is 10.0 Å². The molecule has 0 amide bonds. The molecule has 0 bridgehead atoms. The van der Waals surface area contributed by atoms with Gasteiger partial charge in [0.2, 0.25) is 0 Å². The summed E-state index contributed by atoms with van der Waals surface area (Å²) in [6.45, 7) is 7.58. The number of aliphatic imine (C=N–C) groups is 2. The van der Waals surface area contributed by atoms with Gasteiger partial charge in [0.15, 0.2) is 0 Å². The van der Waals surface area contributed by atoms with Crippen LogP contribution in [0, 0.1) is 13.8 Å². The van der Waals surface area contributed by atoms with Crippen molar-refractivity contribution < 1.29 is 28.4 Å². The van der Waals surface area contributed by atoms with Gasteiger partial charge in [-0.15, -0.1) is 0 Å². The van der Waals surface area contributed by atoms with E-state index in [9.17, 15) is 0 Å². The van der Waals surface area contributed by atoms with Crippen molar-refractivity contribution in [2.75, 3.05) is 0 Å². The van der Waals surface area contributed by atoms with Gasteiger partial charge in [-0.1, -0.05) is 29.3 Å². The van der Waals surface area contributed by atoms with Gasteiger partial charge in [0, 0.05) is 23.7 Å². The van der Waals surface area contributed by atoms with Crippen LogP contribution in [0.15, 0.2) is 58.8 Å². The van der Waals surface area contributed by atoms with Gasteiger partial charge in [-0.05, 0) is 37.6 Å². The van der Waals surface area contributed by atoms with E-state index in [1.165, 1.54) is 0 Å². The van der Waals surface area contributed by atoms with Gasteiger partial charge in [-0.2, -0.15) is 0 Å². The van der Waals surface area contributed by atoms with Gasteiger partial charge >= 0.3 is 96.1 Å². The van der Waals surface area contributed by atoms with Crippen molar-refractivity contribution in [1.29, 1.82) is 0 Å². The largest absolute Gasteiger partial charge is 1.00 e. The van der Waals surface area contributed by atoms with Crippen LogP contribution in [-0.2, 0) is 16.0 Å². The van der Waals surface area contributed by atoms with Crippen LogP contribution in [0.1, 0.15) is 30.5 Å². The molecule has 0 aliphatic carbocycles. The van der Waals surface area contributed by atoms with E-state index in [0.717, 1.165) is 22.4 Å². The van der Waals surface area contributed by atoms with E-state index in [2.05, 4.69) is 31.0 Å². The molecule has 2 aromatic carbocycles. The third kappa shape index (κ3) is 8.68. The number of benzene rings is 2. The Hall–Kier alpha value is -1.10. The molecule has 0 fully saturated rings. The molecule has 0 spiro atoms. The Morgan fingerprint density at radius 3 is 1.62 bits per heavy atom. The zero-order chi connectivity index (χ0) is 23.1. The van der Waals surface area contributed by atoms with Crippen molar-refractivity contribution in [3.8, 4) is 0 Å². The predicted octanol–water partition coefficient (Wildman–Crippen LogP) is 5.74. The van der Waals surface area contributed by atoms with Gasteiger partial charge in [0.25, 0.3) is 0 Å². The van der Waals surface area contributed by atoms with Gasteiger partial charge in [0.1, 0.15) is 5.69 Å². The quantitative estimate of drug-likeness (QED) is 0.292. The molecule has 0 saturated heterocycles. The number of pyridine rings is 1. The second-order valence-corrected chi connectivity index (χ2v) is 9.11. The first-order chi connectivity index (χ1) is 14.6. The Kier molecular flexibility index (Phi) is 12.3. The van der Waals surface area contributed by atoms with Crippen LogP contribution >= 0.6 is 46.4 Å². The number of aryl methyl sites for hydroxylation is 2. The summed E-state index contributed by atoms with van der Waals surface area (Å²) in [7, 11) is 0. The smallest absolute Gasteiger partial charge is 1.00 e. The van der Waals surface area contributed by atoms with Crippen molar-refractivity contribution in [3.63, 3.8) is 0 Å². The van der Waals surface area contributed by atoms with Crippen molar-refractivity contribution in [2.24, 2.45) is 9.98 Å². The van der Waals surface area contributed by atoms with Crippen LogP contribution in [-0.4, -0.2) is 15.3 Å². The standard InChI is InChI=1S/C14H12Cl2N2.C9H8Cl2N.ClH.Fe/c1-9-6-12(15)14(13(16)7-9)18-10(2)11-4-3-5-17-8-11;1-3-12-9-7(10)4-6(2)5-8(9)11;;/h3-8H,1-2H3;4-5H,1-2H3;1H;/q;;;+1/p-1. The summed E-state index contributed by atoms with van der Waals surface area (Å²) in [5.74, 6) is 0. The molecule has 3 aromatic rings. The van der Waals surface area contributed by atoms with E-state index in [0.29, 0.717) is 36.1 Å². The van der Waals surface area contributed by atoms with Crippen LogP contribution in [0.25, 0.3) is 0 Å². The van der Waals surface area contributed by atoms with Crippen molar-refractivity contribution in [2.45, 2.75) is 27.7 Å². The molecule has 9 heteroatoms. The zero-order valence-corrected chi connectivity index (χ0v) is 22.6. The summed E-state index contributed by atoms with van der Waals surface area (Å²) in [6.07, 6.45) is 3.48. The zero-order valence-electron chi connectivity index (χ0n) is 17.7. The van der Waals surface area contributed by atoms with Gasteiger partial charge in [-0.25, -0.2) is 4.99 Å². The van der Waals surface area contributed by atoms with E-state index in [4.69, 9.17) is 46.4 Å². The van der Waals surface area contributed by atoms with Crippen LogP contribution in [0.3, 0.4) is 0 Å². The summed E-state index contributed by atoms with van der Waals surface area (Å²) in [6, 6.07) is 11.2. The van der Waals surface area contributed by atoms with E-state index < -0.39 is 0 Å². The van der Waals surface area contributed by atoms with E-state index in [1.807, 2.05) is 57.2 Å². The van der Waals surface area contributed by atoms with Crippen LogP contribution in [0.4, 0.5) is 11.4 Å². The fraction of sp³-hybridized carbons (Fsp3) is 0.174. The molecule has 170 valence electrons. The second kappa shape index (κ2) is 13.6. The van der Waals surface area contributed by atoms with Crippen LogP contribution in [0.2, 0.25) is 20.1 Å².